The van der Waals surface area contributed by atoms with Crippen molar-refractivity contribution in [1.82, 2.24) is 10.2 Å². The Labute approximate surface area is 153 Å². The van der Waals surface area contributed by atoms with Crippen LogP contribution in [0.15, 0.2) is 42.5 Å². The molecule has 0 spiro atoms. The number of likely N-dealkylation sites (tertiary alicyclic amines) is 1. The molecule has 26 heavy (non-hydrogen) atoms. The van der Waals surface area contributed by atoms with Crippen LogP contribution in [0.5, 0.6) is 0 Å². The molecule has 1 aliphatic rings. The second-order valence-corrected chi connectivity index (χ2v) is 6.69. The van der Waals surface area contributed by atoms with E-state index in [1.807, 2.05) is 18.2 Å². The average Bonchev–Trinajstić information content (AvgIpc) is 3.14. The minimum Gasteiger partial charge on any atom is -0.348 e. The Balaban J connectivity index is 1.68. The van der Waals surface area contributed by atoms with Crippen LogP contribution in [0.25, 0.3) is 0 Å². The third-order valence-corrected chi connectivity index (χ3v) is 4.82. The summed E-state index contributed by atoms with van der Waals surface area (Å²) in [7, 11) is 0. The molecule has 0 bridgehead atoms. The zero-order valence-electron chi connectivity index (χ0n) is 14.9. The number of carbonyl (C=O) groups excluding carboxylic acids is 1. The summed E-state index contributed by atoms with van der Waals surface area (Å²) in [5.74, 6) is -0.302. The van der Waals surface area contributed by atoms with Crippen molar-refractivity contribution in [2.45, 2.75) is 32.9 Å². The van der Waals surface area contributed by atoms with E-state index in [4.69, 9.17) is 0 Å². The van der Waals surface area contributed by atoms with E-state index in [1.54, 1.807) is 19.1 Å². The first-order valence-electron chi connectivity index (χ1n) is 8.87. The van der Waals surface area contributed by atoms with Gasteiger partial charge in [-0.2, -0.15) is 0 Å². The molecule has 1 saturated heterocycles. The van der Waals surface area contributed by atoms with E-state index in [0.717, 1.165) is 25.2 Å². The number of nitrogens with zero attached hydrogens (tertiary/aromatic N) is 2. The largest absolute Gasteiger partial charge is 0.348 e. The molecule has 1 heterocycles. The summed E-state index contributed by atoms with van der Waals surface area (Å²) in [5.41, 5.74) is 3.10. The maximum absolute atomic E-state index is 12.4. The number of carbonyl (C=O) groups is 1. The Kier molecular flexibility index (Phi) is 5.63. The van der Waals surface area contributed by atoms with Crippen molar-refractivity contribution in [2.24, 2.45) is 0 Å². The maximum Gasteiger partial charge on any atom is 0.273 e. The van der Waals surface area contributed by atoms with Crippen molar-refractivity contribution in [3.05, 3.63) is 74.8 Å². The van der Waals surface area contributed by atoms with Gasteiger partial charge in [0.1, 0.15) is 0 Å². The minimum atomic E-state index is -0.461. The van der Waals surface area contributed by atoms with E-state index in [0.29, 0.717) is 17.7 Å². The highest BCUT2D eigenvalue weighted by Gasteiger charge is 2.16. The highest BCUT2D eigenvalue weighted by Crippen LogP contribution is 2.20. The zero-order chi connectivity index (χ0) is 18.5. The van der Waals surface area contributed by atoms with Crippen molar-refractivity contribution in [3.63, 3.8) is 0 Å². The minimum absolute atomic E-state index is 0.0351. The highest BCUT2D eigenvalue weighted by molar-refractivity contribution is 5.94. The Bertz CT molecular complexity index is 814. The lowest BCUT2D eigenvalue weighted by Crippen LogP contribution is -2.25. The lowest BCUT2D eigenvalue weighted by Gasteiger charge is -2.17. The molecule has 6 nitrogen and oxygen atoms in total. The zero-order valence-corrected chi connectivity index (χ0v) is 14.9. The SMILES string of the molecule is Cc1ccc(C(=O)NCc2ccccc2CN2CCCC2)cc1[N+](=O)[O-]. The molecule has 1 aliphatic heterocycles. The van der Waals surface area contributed by atoms with Gasteiger partial charge in [0.2, 0.25) is 0 Å². The molecule has 2 aromatic rings. The van der Waals surface area contributed by atoms with E-state index in [9.17, 15) is 14.9 Å². The molecule has 6 heteroatoms. The standard InChI is InChI=1S/C20H23N3O3/c1-15-8-9-16(12-19(15)23(25)26)20(24)21-13-17-6-2-3-7-18(17)14-22-10-4-5-11-22/h2-3,6-9,12H,4-5,10-11,13-14H2,1H3,(H,21,24). The van der Waals surface area contributed by atoms with E-state index < -0.39 is 4.92 Å². The fraction of sp³-hybridized carbons (Fsp3) is 0.350. The first-order valence-corrected chi connectivity index (χ1v) is 8.87. The predicted octanol–water partition coefficient (Wildman–Crippen LogP) is 3.43. The molecule has 1 amide bonds. The van der Waals surface area contributed by atoms with Crippen molar-refractivity contribution < 1.29 is 9.72 Å². The smallest absolute Gasteiger partial charge is 0.273 e. The number of nitrogens with one attached hydrogen (secondary N) is 1. The number of nitro groups is 1. The second-order valence-electron chi connectivity index (χ2n) is 6.69. The lowest BCUT2D eigenvalue weighted by atomic mass is 10.1. The van der Waals surface area contributed by atoms with Gasteiger partial charge in [-0.1, -0.05) is 30.3 Å². The highest BCUT2D eigenvalue weighted by atomic mass is 16.6. The van der Waals surface area contributed by atoms with Crippen molar-refractivity contribution >= 4 is 11.6 Å². The third kappa shape index (κ3) is 4.26. The Hall–Kier alpha value is -2.73. The van der Waals surface area contributed by atoms with Gasteiger partial charge >= 0.3 is 0 Å². The summed E-state index contributed by atoms with van der Waals surface area (Å²) >= 11 is 0. The van der Waals surface area contributed by atoms with Gasteiger partial charge in [-0.25, -0.2) is 0 Å². The molecular formula is C20H23N3O3. The van der Waals surface area contributed by atoms with Gasteiger partial charge in [0, 0.05) is 30.3 Å². The normalized spacial score (nSPS) is 14.3. The molecule has 3 rings (SSSR count). The van der Waals surface area contributed by atoms with Gasteiger partial charge in [-0.3, -0.25) is 19.8 Å². The summed E-state index contributed by atoms with van der Waals surface area (Å²) < 4.78 is 0. The van der Waals surface area contributed by atoms with Gasteiger partial charge in [0.05, 0.1) is 4.92 Å². The molecule has 0 aromatic heterocycles. The number of aryl methyl sites for hydroxylation is 1. The average molecular weight is 353 g/mol. The van der Waals surface area contributed by atoms with Crippen LogP contribution in [0, 0.1) is 17.0 Å². The number of rotatable bonds is 6. The van der Waals surface area contributed by atoms with Crippen molar-refractivity contribution in [2.75, 3.05) is 13.1 Å². The van der Waals surface area contributed by atoms with E-state index >= 15 is 0 Å². The fourth-order valence-corrected chi connectivity index (χ4v) is 3.29. The number of hydrogen-bond donors (Lipinski definition) is 1. The van der Waals surface area contributed by atoms with E-state index in [2.05, 4.69) is 16.3 Å². The van der Waals surface area contributed by atoms with Crippen LogP contribution in [0.3, 0.4) is 0 Å². The molecule has 0 unspecified atom stereocenters. The van der Waals surface area contributed by atoms with Gasteiger partial charge in [-0.15, -0.1) is 0 Å². The van der Waals surface area contributed by atoms with Crippen LogP contribution < -0.4 is 5.32 Å². The second kappa shape index (κ2) is 8.10. The maximum atomic E-state index is 12.4. The molecule has 136 valence electrons. The number of amides is 1. The first-order chi connectivity index (χ1) is 12.5. The van der Waals surface area contributed by atoms with Gasteiger partial charge in [0.25, 0.3) is 11.6 Å². The summed E-state index contributed by atoms with van der Waals surface area (Å²) in [4.78, 5) is 25.4. The first kappa shape index (κ1) is 18.1. The molecular weight excluding hydrogens is 330 g/mol. The Morgan fingerprint density at radius 2 is 1.85 bits per heavy atom. The molecule has 1 fully saturated rings. The van der Waals surface area contributed by atoms with Gasteiger partial charge in [-0.05, 0) is 50.0 Å². The lowest BCUT2D eigenvalue weighted by molar-refractivity contribution is -0.385. The summed E-state index contributed by atoms with van der Waals surface area (Å²) in [6.45, 7) is 5.20. The Morgan fingerprint density at radius 1 is 1.15 bits per heavy atom. The fourth-order valence-electron chi connectivity index (χ4n) is 3.29. The van der Waals surface area contributed by atoms with Gasteiger partial charge < -0.3 is 5.32 Å². The van der Waals surface area contributed by atoms with E-state index in [-0.39, 0.29) is 11.6 Å². The van der Waals surface area contributed by atoms with Crippen LogP contribution in [0.2, 0.25) is 0 Å². The molecule has 2 aromatic carbocycles. The number of hydrogen-bond acceptors (Lipinski definition) is 4. The quantitative estimate of drug-likeness (QED) is 0.638. The summed E-state index contributed by atoms with van der Waals surface area (Å²) in [5, 5.41) is 13.9. The number of benzene rings is 2. The number of nitro benzene ring substituents is 1. The summed E-state index contributed by atoms with van der Waals surface area (Å²) in [6.07, 6.45) is 2.48. The topological polar surface area (TPSA) is 75.5 Å². The summed E-state index contributed by atoms with van der Waals surface area (Å²) in [6, 6.07) is 12.6. The monoisotopic (exact) mass is 353 g/mol. The van der Waals surface area contributed by atoms with Crippen LogP contribution in [0.1, 0.15) is 39.9 Å². The Morgan fingerprint density at radius 3 is 2.54 bits per heavy atom. The molecule has 0 atom stereocenters. The van der Waals surface area contributed by atoms with Crippen LogP contribution >= 0.6 is 0 Å². The molecule has 0 aliphatic carbocycles. The van der Waals surface area contributed by atoms with Gasteiger partial charge in [0.15, 0.2) is 0 Å². The van der Waals surface area contributed by atoms with Crippen LogP contribution in [-0.2, 0) is 13.1 Å². The molecule has 0 saturated carbocycles. The van der Waals surface area contributed by atoms with Crippen molar-refractivity contribution in [1.29, 1.82) is 0 Å². The third-order valence-electron chi connectivity index (χ3n) is 4.82. The van der Waals surface area contributed by atoms with E-state index in [1.165, 1.54) is 24.5 Å². The molecule has 0 radical (unpaired) electrons. The molecule has 1 N–H and O–H groups in total. The van der Waals surface area contributed by atoms with Crippen LogP contribution in [0.4, 0.5) is 5.69 Å². The predicted molar refractivity (Wildman–Crippen MR) is 100.0 cm³/mol. The van der Waals surface area contributed by atoms with Crippen LogP contribution in [-0.4, -0.2) is 28.8 Å². The van der Waals surface area contributed by atoms with Crippen molar-refractivity contribution in [3.8, 4) is 0 Å².